The number of nitrogens with zero attached hydrogens (tertiary/aromatic N) is 5. The molecule has 2 fully saturated rings. The molecule has 2 aromatic rings. The summed E-state index contributed by atoms with van der Waals surface area (Å²) in [7, 11) is 0. The van der Waals surface area contributed by atoms with Gasteiger partial charge in [-0.25, -0.2) is 9.97 Å². The zero-order valence-electron chi connectivity index (χ0n) is 17.8. The predicted molar refractivity (Wildman–Crippen MR) is 119 cm³/mol. The fraction of sp³-hybridized carbons (Fsp3) is 0.409. The maximum atomic E-state index is 13.0. The van der Waals surface area contributed by atoms with E-state index in [2.05, 4.69) is 30.4 Å². The second kappa shape index (κ2) is 10.2. The molecule has 2 saturated heterocycles. The Balaban J connectivity index is 1.32. The van der Waals surface area contributed by atoms with Gasteiger partial charge in [0.05, 0.1) is 13.0 Å². The van der Waals surface area contributed by atoms with Gasteiger partial charge in [0.2, 0.25) is 23.7 Å². The smallest absolute Gasteiger partial charge is 0.243 e. The SMILES string of the molecule is O=C(C[C@H]1C(=O)NCCN1C(=O)CN1CCN(c2ncccn2)CC1)Nc1ccccc1. The molecule has 0 saturated carbocycles. The maximum absolute atomic E-state index is 13.0. The van der Waals surface area contributed by atoms with E-state index in [1.807, 2.05) is 18.2 Å². The van der Waals surface area contributed by atoms with Crippen molar-refractivity contribution in [2.75, 3.05) is 56.0 Å². The van der Waals surface area contributed by atoms with Gasteiger partial charge in [0.15, 0.2) is 0 Å². The quantitative estimate of drug-likeness (QED) is 0.652. The third kappa shape index (κ3) is 5.38. The Morgan fingerprint density at radius 3 is 2.44 bits per heavy atom. The highest BCUT2D eigenvalue weighted by atomic mass is 16.2. The first-order valence-corrected chi connectivity index (χ1v) is 10.8. The van der Waals surface area contributed by atoms with Crippen LogP contribution < -0.4 is 15.5 Å². The van der Waals surface area contributed by atoms with E-state index in [4.69, 9.17) is 0 Å². The second-order valence-electron chi connectivity index (χ2n) is 7.82. The van der Waals surface area contributed by atoms with Gasteiger partial charge >= 0.3 is 0 Å². The number of piperazine rings is 2. The number of carbonyl (C=O) groups excluding carboxylic acids is 3. The van der Waals surface area contributed by atoms with Crippen LogP contribution in [0.3, 0.4) is 0 Å². The van der Waals surface area contributed by atoms with Crippen LogP contribution in [0.5, 0.6) is 0 Å². The van der Waals surface area contributed by atoms with Gasteiger partial charge in [-0.05, 0) is 18.2 Å². The number of anilines is 2. The maximum Gasteiger partial charge on any atom is 0.243 e. The standard InChI is InChI=1S/C22H27N7O3/c30-19(26-17-5-2-1-3-6-17)15-18-21(32)23-9-10-29(18)20(31)16-27-11-13-28(14-12-27)22-24-7-4-8-25-22/h1-8,18H,9-16H2,(H,23,32)(H,26,30)/t18-/m0/s1. The van der Waals surface area contributed by atoms with E-state index in [9.17, 15) is 14.4 Å². The minimum atomic E-state index is -0.807. The van der Waals surface area contributed by atoms with Gasteiger partial charge in [-0.15, -0.1) is 0 Å². The van der Waals surface area contributed by atoms with Crippen molar-refractivity contribution < 1.29 is 14.4 Å². The van der Waals surface area contributed by atoms with Crippen LogP contribution in [0.4, 0.5) is 11.6 Å². The number of carbonyl (C=O) groups is 3. The lowest BCUT2D eigenvalue weighted by Crippen LogP contribution is -2.60. The Morgan fingerprint density at radius 2 is 1.72 bits per heavy atom. The predicted octanol–water partition coefficient (Wildman–Crippen LogP) is -0.0456. The van der Waals surface area contributed by atoms with E-state index >= 15 is 0 Å². The van der Waals surface area contributed by atoms with E-state index < -0.39 is 6.04 Å². The number of para-hydroxylation sites is 1. The van der Waals surface area contributed by atoms with Crippen LogP contribution in [0.1, 0.15) is 6.42 Å². The van der Waals surface area contributed by atoms with E-state index in [1.165, 1.54) is 4.90 Å². The molecule has 3 amide bonds. The highest BCUT2D eigenvalue weighted by molar-refractivity contribution is 5.97. The monoisotopic (exact) mass is 437 g/mol. The number of hydrogen-bond acceptors (Lipinski definition) is 7. The van der Waals surface area contributed by atoms with Crippen molar-refractivity contribution in [2.45, 2.75) is 12.5 Å². The third-order valence-corrected chi connectivity index (χ3v) is 5.65. The summed E-state index contributed by atoms with van der Waals surface area (Å²) in [5, 5.41) is 5.55. The van der Waals surface area contributed by atoms with E-state index in [-0.39, 0.29) is 30.7 Å². The first-order chi connectivity index (χ1) is 15.6. The van der Waals surface area contributed by atoms with Crippen LogP contribution in [-0.4, -0.2) is 89.3 Å². The Morgan fingerprint density at radius 1 is 1.00 bits per heavy atom. The molecule has 2 N–H and O–H groups in total. The Kier molecular flexibility index (Phi) is 6.90. The molecular formula is C22H27N7O3. The fourth-order valence-corrected chi connectivity index (χ4v) is 3.97. The van der Waals surface area contributed by atoms with Crippen molar-refractivity contribution in [1.29, 1.82) is 0 Å². The Hall–Kier alpha value is -3.53. The molecule has 0 unspecified atom stereocenters. The van der Waals surface area contributed by atoms with Crippen molar-refractivity contribution in [1.82, 2.24) is 25.1 Å². The summed E-state index contributed by atoms with van der Waals surface area (Å²) in [6.45, 7) is 3.84. The first kappa shape index (κ1) is 21.7. The Labute approximate surface area is 186 Å². The summed E-state index contributed by atoms with van der Waals surface area (Å²) in [6, 6.07) is 10.0. The molecule has 0 aliphatic carbocycles. The molecule has 1 aromatic heterocycles. The summed E-state index contributed by atoms with van der Waals surface area (Å²) in [6.07, 6.45) is 3.35. The molecule has 3 heterocycles. The lowest BCUT2D eigenvalue weighted by atomic mass is 10.1. The van der Waals surface area contributed by atoms with Crippen molar-refractivity contribution in [3.05, 3.63) is 48.8 Å². The summed E-state index contributed by atoms with van der Waals surface area (Å²) in [5.74, 6) is -0.0381. The van der Waals surface area contributed by atoms with Crippen molar-refractivity contribution >= 4 is 29.4 Å². The van der Waals surface area contributed by atoms with Crippen LogP contribution in [0.15, 0.2) is 48.8 Å². The fourth-order valence-electron chi connectivity index (χ4n) is 3.97. The molecule has 168 valence electrons. The van der Waals surface area contributed by atoms with Crippen LogP contribution in [0.25, 0.3) is 0 Å². The highest BCUT2D eigenvalue weighted by Gasteiger charge is 2.35. The van der Waals surface area contributed by atoms with Crippen molar-refractivity contribution in [3.8, 4) is 0 Å². The van der Waals surface area contributed by atoms with Gasteiger partial charge < -0.3 is 20.4 Å². The number of nitrogens with one attached hydrogen (secondary N) is 2. The molecule has 1 atom stereocenters. The van der Waals surface area contributed by atoms with E-state index in [0.717, 1.165) is 13.1 Å². The first-order valence-electron chi connectivity index (χ1n) is 10.8. The van der Waals surface area contributed by atoms with Gasteiger partial charge in [-0.1, -0.05) is 18.2 Å². The molecule has 1 aromatic carbocycles. The van der Waals surface area contributed by atoms with Crippen molar-refractivity contribution in [3.63, 3.8) is 0 Å². The molecular weight excluding hydrogens is 410 g/mol. The molecule has 0 spiro atoms. The van der Waals surface area contributed by atoms with Crippen molar-refractivity contribution in [2.24, 2.45) is 0 Å². The lowest BCUT2D eigenvalue weighted by Gasteiger charge is -2.38. The van der Waals surface area contributed by atoms with Crippen LogP contribution in [-0.2, 0) is 14.4 Å². The number of benzene rings is 1. The summed E-state index contributed by atoms with van der Waals surface area (Å²) in [5.41, 5.74) is 0.659. The number of amides is 3. The summed E-state index contributed by atoms with van der Waals surface area (Å²) < 4.78 is 0. The molecule has 10 nitrogen and oxygen atoms in total. The number of aromatic nitrogens is 2. The largest absolute Gasteiger partial charge is 0.353 e. The van der Waals surface area contributed by atoms with Gasteiger partial charge in [0.1, 0.15) is 6.04 Å². The zero-order chi connectivity index (χ0) is 22.3. The Bertz CT molecular complexity index is 933. The third-order valence-electron chi connectivity index (χ3n) is 5.65. The highest BCUT2D eigenvalue weighted by Crippen LogP contribution is 2.14. The van der Waals surface area contributed by atoms with Gasteiger partial charge in [-0.3, -0.25) is 19.3 Å². The summed E-state index contributed by atoms with van der Waals surface area (Å²) in [4.78, 5) is 52.3. The molecule has 2 aliphatic rings. The minimum Gasteiger partial charge on any atom is -0.353 e. The second-order valence-corrected chi connectivity index (χ2v) is 7.82. The molecule has 10 heteroatoms. The molecule has 32 heavy (non-hydrogen) atoms. The van der Waals surface area contributed by atoms with E-state index in [0.29, 0.717) is 37.8 Å². The average Bonchev–Trinajstić information content (AvgIpc) is 2.82. The topological polar surface area (TPSA) is 111 Å². The normalized spacial score (nSPS) is 19.4. The van der Waals surface area contributed by atoms with Gasteiger partial charge in [0.25, 0.3) is 0 Å². The molecule has 0 radical (unpaired) electrons. The minimum absolute atomic E-state index is 0.0778. The zero-order valence-corrected chi connectivity index (χ0v) is 17.8. The van der Waals surface area contributed by atoms with Gasteiger partial charge in [-0.2, -0.15) is 0 Å². The summed E-state index contributed by atoms with van der Waals surface area (Å²) >= 11 is 0. The molecule has 4 rings (SSSR count). The molecule has 2 aliphatic heterocycles. The van der Waals surface area contributed by atoms with Gasteiger partial charge in [0, 0.05) is 57.3 Å². The average molecular weight is 438 g/mol. The number of rotatable bonds is 6. The van der Waals surface area contributed by atoms with E-state index in [1.54, 1.807) is 30.6 Å². The molecule has 0 bridgehead atoms. The van der Waals surface area contributed by atoms with Crippen LogP contribution >= 0.6 is 0 Å². The van der Waals surface area contributed by atoms with Crippen LogP contribution in [0.2, 0.25) is 0 Å². The lowest BCUT2D eigenvalue weighted by molar-refractivity contribution is -0.145. The van der Waals surface area contributed by atoms with Crippen LogP contribution in [0, 0.1) is 0 Å². The number of hydrogen-bond donors (Lipinski definition) is 2.